The molecule has 0 aromatic heterocycles. The molecule has 1 aromatic carbocycles. The average molecular weight is 249 g/mol. The molecule has 1 atom stereocenters. The molecule has 0 heterocycles. The Morgan fingerprint density at radius 3 is 2.56 bits per heavy atom. The molecule has 2 N–H and O–H groups in total. The third-order valence-electron chi connectivity index (χ3n) is 2.83. The van der Waals surface area contributed by atoms with Crippen LogP contribution in [0, 0.1) is 6.92 Å². The van der Waals surface area contributed by atoms with E-state index >= 15 is 0 Å². The topological polar surface area (TPSA) is 66.4 Å². The third-order valence-corrected chi connectivity index (χ3v) is 2.83. The molecular weight excluding hydrogens is 230 g/mol. The minimum absolute atomic E-state index is 0.0339. The van der Waals surface area contributed by atoms with E-state index in [1.54, 1.807) is 0 Å². The average Bonchev–Trinajstić information content (AvgIpc) is 2.28. The zero-order valence-corrected chi connectivity index (χ0v) is 10.8. The highest BCUT2D eigenvalue weighted by Gasteiger charge is 2.11. The Hall–Kier alpha value is -1.84. The van der Waals surface area contributed by atoms with Crippen LogP contribution in [0.1, 0.15) is 43.4 Å². The van der Waals surface area contributed by atoms with Gasteiger partial charge in [-0.3, -0.25) is 9.59 Å². The summed E-state index contributed by atoms with van der Waals surface area (Å²) >= 11 is 0. The van der Waals surface area contributed by atoms with Gasteiger partial charge in [-0.2, -0.15) is 0 Å². The lowest BCUT2D eigenvalue weighted by Gasteiger charge is -2.16. The normalized spacial score (nSPS) is 11.9. The number of aryl methyl sites for hydroxylation is 1. The summed E-state index contributed by atoms with van der Waals surface area (Å²) in [6.07, 6.45) is 0.663. The van der Waals surface area contributed by atoms with Crippen LogP contribution in [0.25, 0.3) is 0 Å². The van der Waals surface area contributed by atoms with Crippen molar-refractivity contribution in [3.05, 3.63) is 35.4 Å². The smallest absolute Gasteiger partial charge is 0.303 e. The summed E-state index contributed by atoms with van der Waals surface area (Å²) in [4.78, 5) is 22.0. The van der Waals surface area contributed by atoms with Gasteiger partial charge in [0.15, 0.2) is 0 Å². The van der Waals surface area contributed by atoms with Crippen molar-refractivity contribution in [2.24, 2.45) is 0 Å². The van der Waals surface area contributed by atoms with Crippen molar-refractivity contribution in [3.63, 3.8) is 0 Å². The first-order chi connectivity index (χ1) is 8.50. The van der Waals surface area contributed by atoms with Gasteiger partial charge in [0.1, 0.15) is 0 Å². The summed E-state index contributed by atoms with van der Waals surface area (Å²) in [6.45, 7) is 3.93. The van der Waals surface area contributed by atoms with Gasteiger partial charge < -0.3 is 10.4 Å². The summed E-state index contributed by atoms with van der Waals surface area (Å²) in [6, 6.07) is 7.83. The number of nitrogens with one attached hydrogen (secondary N) is 1. The highest BCUT2D eigenvalue weighted by Crippen LogP contribution is 2.16. The van der Waals surface area contributed by atoms with E-state index in [1.165, 1.54) is 0 Å². The van der Waals surface area contributed by atoms with Gasteiger partial charge in [-0.05, 0) is 31.4 Å². The van der Waals surface area contributed by atoms with Crippen molar-refractivity contribution in [2.75, 3.05) is 0 Å². The van der Waals surface area contributed by atoms with E-state index in [2.05, 4.69) is 5.32 Å². The number of carbonyl (C=O) groups is 2. The van der Waals surface area contributed by atoms with Crippen LogP contribution in [0.3, 0.4) is 0 Å². The number of amides is 1. The Bertz CT molecular complexity index is 429. The third kappa shape index (κ3) is 4.57. The molecule has 0 saturated heterocycles. The predicted molar refractivity (Wildman–Crippen MR) is 69.2 cm³/mol. The molecule has 4 nitrogen and oxygen atoms in total. The van der Waals surface area contributed by atoms with E-state index in [1.807, 2.05) is 38.1 Å². The molecule has 0 aliphatic rings. The van der Waals surface area contributed by atoms with E-state index in [0.29, 0.717) is 6.42 Å². The largest absolute Gasteiger partial charge is 0.481 e. The first-order valence-electron chi connectivity index (χ1n) is 6.07. The molecule has 0 aliphatic heterocycles. The van der Waals surface area contributed by atoms with Crippen molar-refractivity contribution < 1.29 is 14.7 Å². The van der Waals surface area contributed by atoms with E-state index in [4.69, 9.17) is 5.11 Å². The van der Waals surface area contributed by atoms with Gasteiger partial charge in [0.05, 0.1) is 6.04 Å². The fourth-order valence-corrected chi connectivity index (χ4v) is 1.86. The molecule has 0 spiro atoms. The Morgan fingerprint density at radius 2 is 1.94 bits per heavy atom. The number of carboxylic acid groups (broad SMARTS) is 1. The van der Waals surface area contributed by atoms with Crippen LogP contribution in [0.15, 0.2) is 24.3 Å². The lowest BCUT2D eigenvalue weighted by Crippen LogP contribution is -2.26. The van der Waals surface area contributed by atoms with Crippen molar-refractivity contribution in [3.8, 4) is 0 Å². The number of hydrogen-bond acceptors (Lipinski definition) is 2. The summed E-state index contributed by atoms with van der Waals surface area (Å²) in [7, 11) is 0. The molecule has 0 bridgehead atoms. The van der Waals surface area contributed by atoms with Crippen molar-refractivity contribution in [1.29, 1.82) is 0 Å². The van der Waals surface area contributed by atoms with Crippen LogP contribution in [0.5, 0.6) is 0 Å². The number of carbonyl (C=O) groups excluding carboxylic acids is 1. The second-order valence-electron chi connectivity index (χ2n) is 4.39. The molecule has 0 radical (unpaired) electrons. The number of carboxylic acids is 1. The molecule has 1 rings (SSSR count). The van der Waals surface area contributed by atoms with Crippen molar-refractivity contribution in [2.45, 2.75) is 39.2 Å². The summed E-state index contributed by atoms with van der Waals surface area (Å²) in [5, 5.41) is 11.4. The molecule has 1 aromatic rings. The minimum atomic E-state index is -0.866. The molecule has 0 aliphatic carbocycles. The highest BCUT2D eigenvalue weighted by atomic mass is 16.4. The van der Waals surface area contributed by atoms with E-state index in [-0.39, 0.29) is 24.8 Å². The van der Waals surface area contributed by atoms with Gasteiger partial charge in [-0.25, -0.2) is 0 Å². The summed E-state index contributed by atoms with van der Waals surface area (Å²) in [5.74, 6) is -0.971. The van der Waals surface area contributed by atoms with Crippen LogP contribution in [-0.2, 0) is 9.59 Å². The molecule has 4 heteroatoms. The molecular formula is C14H19NO3. The predicted octanol–water partition coefficient (Wildman–Crippen LogP) is 2.43. The van der Waals surface area contributed by atoms with Gasteiger partial charge in [-0.15, -0.1) is 0 Å². The zero-order valence-electron chi connectivity index (χ0n) is 10.8. The Balaban J connectivity index is 2.45. The quantitative estimate of drug-likeness (QED) is 0.813. The summed E-state index contributed by atoms with van der Waals surface area (Å²) in [5.41, 5.74) is 2.22. The first kappa shape index (κ1) is 14.2. The maximum absolute atomic E-state index is 11.6. The van der Waals surface area contributed by atoms with Crippen LogP contribution >= 0.6 is 0 Å². The lowest BCUT2D eigenvalue weighted by atomic mass is 10.0. The van der Waals surface area contributed by atoms with Crippen LogP contribution < -0.4 is 5.32 Å². The number of rotatable bonds is 6. The SMILES string of the molecule is Cc1ccccc1[C@H](C)NC(=O)CCCC(=O)O. The van der Waals surface area contributed by atoms with Gasteiger partial charge in [0.2, 0.25) is 5.91 Å². The Morgan fingerprint density at radius 1 is 1.28 bits per heavy atom. The minimum Gasteiger partial charge on any atom is -0.481 e. The van der Waals surface area contributed by atoms with Gasteiger partial charge in [0.25, 0.3) is 0 Å². The lowest BCUT2D eigenvalue weighted by molar-refractivity contribution is -0.137. The molecule has 18 heavy (non-hydrogen) atoms. The number of benzene rings is 1. The first-order valence-corrected chi connectivity index (χ1v) is 6.07. The van der Waals surface area contributed by atoms with Gasteiger partial charge in [0, 0.05) is 12.8 Å². The molecule has 98 valence electrons. The fraction of sp³-hybridized carbons (Fsp3) is 0.429. The van der Waals surface area contributed by atoms with Crippen LogP contribution in [0.4, 0.5) is 0 Å². The van der Waals surface area contributed by atoms with Gasteiger partial charge >= 0.3 is 5.97 Å². The Kier molecular flexibility index (Phi) is 5.36. The Labute approximate surface area is 107 Å². The van der Waals surface area contributed by atoms with E-state index < -0.39 is 5.97 Å². The van der Waals surface area contributed by atoms with Crippen molar-refractivity contribution in [1.82, 2.24) is 5.32 Å². The molecule has 1 amide bonds. The van der Waals surface area contributed by atoms with Gasteiger partial charge in [-0.1, -0.05) is 24.3 Å². The molecule has 0 saturated carbocycles. The van der Waals surface area contributed by atoms with Crippen LogP contribution in [0.2, 0.25) is 0 Å². The number of hydrogen-bond donors (Lipinski definition) is 2. The standard InChI is InChI=1S/C14H19NO3/c1-10-6-3-4-7-12(10)11(2)15-13(16)8-5-9-14(17)18/h3-4,6-7,11H,5,8-9H2,1-2H3,(H,15,16)(H,17,18)/t11-/m0/s1. The van der Waals surface area contributed by atoms with E-state index in [9.17, 15) is 9.59 Å². The zero-order chi connectivity index (χ0) is 13.5. The highest BCUT2D eigenvalue weighted by molar-refractivity contribution is 5.77. The second-order valence-corrected chi connectivity index (χ2v) is 4.39. The molecule has 0 unspecified atom stereocenters. The number of aliphatic carboxylic acids is 1. The van der Waals surface area contributed by atoms with Crippen LogP contribution in [-0.4, -0.2) is 17.0 Å². The monoisotopic (exact) mass is 249 g/mol. The van der Waals surface area contributed by atoms with E-state index in [0.717, 1.165) is 11.1 Å². The fourth-order valence-electron chi connectivity index (χ4n) is 1.86. The summed E-state index contributed by atoms with van der Waals surface area (Å²) < 4.78 is 0. The maximum Gasteiger partial charge on any atom is 0.303 e. The molecule has 0 fully saturated rings. The maximum atomic E-state index is 11.6. The van der Waals surface area contributed by atoms with Crippen molar-refractivity contribution >= 4 is 11.9 Å². The second kappa shape index (κ2) is 6.79.